The Kier molecular flexibility index (Phi) is 8.23. The SMILES string of the molecule is CO/N=C(\N)c1ccc(OCc2cccc(COc3ccc(-c4nc(C)sc4C(C)C)cc3)c2)cc1. The molecule has 0 amide bonds. The van der Waals surface area contributed by atoms with E-state index < -0.39 is 0 Å². The van der Waals surface area contributed by atoms with E-state index in [1.165, 1.54) is 12.0 Å². The van der Waals surface area contributed by atoms with Crippen molar-refractivity contribution in [3.63, 3.8) is 0 Å². The summed E-state index contributed by atoms with van der Waals surface area (Å²) in [4.78, 5) is 10.8. The van der Waals surface area contributed by atoms with Gasteiger partial charge in [0.2, 0.25) is 0 Å². The molecule has 0 radical (unpaired) electrons. The highest BCUT2D eigenvalue weighted by Crippen LogP contribution is 2.34. The zero-order valence-electron chi connectivity index (χ0n) is 21.0. The van der Waals surface area contributed by atoms with E-state index in [4.69, 9.17) is 25.0 Å². The Labute approximate surface area is 216 Å². The first-order chi connectivity index (χ1) is 17.4. The molecule has 0 saturated carbocycles. The Morgan fingerprint density at radius 3 is 2.06 bits per heavy atom. The van der Waals surface area contributed by atoms with Gasteiger partial charge in [-0.25, -0.2) is 4.98 Å². The lowest BCUT2D eigenvalue weighted by molar-refractivity contribution is 0.213. The van der Waals surface area contributed by atoms with Gasteiger partial charge >= 0.3 is 0 Å². The molecule has 0 atom stereocenters. The van der Waals surface area contributed by atoms with Gasteiger partial charge in [-0.2, -0.15) is 0 Å². The molecule has 0 aliphatic carbocycles. The maximum Gasteiger partial charge on any atom is 0.170 e. The van der Waals surface area contributed by atoms with Crippen molar-refractivity contribution in [2.24, 2.45) is 10.9 Å². The fraction of sp³-hybridized carbons (Fsp3) is 0.241. The van der Waals surface area contributed by atoms with Gasteiger partial charge in [0.25, 0.3) is 0 Å². The minimum absolute atomic E-state index is 0.324. The van der Waals surface area contributed by atoms with Crippen molar-refractivity contribution in [3.05, 3.63) is 99.4 Å². The summed E-state index contributed by atoms with van der Waals surface area (Å²) in [6, 6.07) is 23.8. The van der Waals surface area contributed by atoms with Gasteiger partial charge in [-0.15, -0.1) is 11.3 Å². The van der Waals surface area contributed by atoms with Gasteiger partial charge in [0.1, 0.15) is 31.8 Å². The molecule has 0 bridgehead atoms. The van der Waals surface area contributed by atoms with E-state index in [-0.39, 0.29) is 0 Å². The number of amidine groups is 1. The zero-order chi connectivity index (χ0) is 25.5. The van der Waals surface area contributed by atoms with E-state index in [1.807, 2.05) is 48.5 Å². The van der Waals surface area contributed by atoms with Gasteiger partial charge in [-0.1, -0.05) is 37.2 Å². The van der Waals surface area contributed by atoms with Gasteiger partial charge in [0, 0.05) is 16.0 Å². The number of ether oxygens (including phenoxy) is 2. The summed E-state index contributed by atoms with van der Waals surface area (Å²) in [5.41, 5.74) is 10.9. The van der Waals surface area contributed by atoms with Gasteiger partial charge < -0.3 is 20.0 Å². The molecular weight excluding hydrogens is 470 g/mol. The third kappa shape index (κ3) is 6.43. The minimum atomic E-state index is 0.324. The number of hydrogen-bond donors (Lipinski definition) is 1. The van der Waals surface area contributed by atoms with Crippen molar-refractivity contribution >= 4 is 17.2 Å². The van der Waals surface area contributed by atoms with Crippen LogP contribution in [0.25, 0.3) is 11.3 Å². The topological polar surface area (TPSA) is 79.0 Å². The molecule has 36 heavy (non-hydrogen) atoms. The van der Waals surface area contributed by atoms with Crippen LogP contribution in [-0.4, -0.2) is 17.9 Å². The van der Waals surface area contributed by atoms with Gasteiger partial charge in [-0.05, 0) is 78.6 Å². The summed E-state index contributed by atoms with van der Waals surface area (Å²) in [5.74, 6) is 2.35. The molecule has 1 aromatic heterocycles. The summed E-state index contributed by atoms with van der Waals surface area (Å²) in [5, 5.41) is 4.83. The first kappa shape index (κ1) is 25.3. The first-order valence-electron chi connectivity index (χ1n) is 11.8. The summed E-state index contributed by atoms with van der Waals surface area (Å²) >= 11 is 1.77. The number of oxime groups is 1. The van der Waals surface area contributed by atoms with Crippen LogP contribution in [0.15, 0.2) is 78.0 Å². The van der Waals surface area contributed by atoms with Crippen LogP contribution < -0.4 is 15.2 Å². The molecule has 0 aliphatic rings. The summed E-state index contributed by atoms with van der Waals surface area (Å²) in [6.07, 6.45) is 0. The lowest BCUT2D eigenvalue weighted by Crippen LogP contribution is -2.13. The van der Waals surface area contributed by atoms with Gasteiger partial charge in [0.15, 0.2) is 5.84 Å². The molecule has 4 rings (SSSR count). The molecule has 0 saturated heterocycles. The van der Waals surface area contributed by atoms with E-state index in [0.717, 1.165) is 44.5 Å². The Morgan fingerprint density at radius 2 is 1.50 bits per heavy atom. The maximum absolute atomic E-state index is 6.05. The van der Waals surface area contributed by atoms with Gasteiger partial charge in [0.05, 0.1) is 10.7 Å². The first-order valence-corrected chi connectivity index (χ1v) is 12.6. The van der Waals surface area contributed by atoms with Crippen molar-refractivity contribution in [1.82, 2.24) is 4.98 Å². The number of thiazole rings is 1. The van der Waals surface area contributed by atoms with Crippen LogP contribution in [0.1, 0.15) is 46.3 Å². The second kappa shape index (κ2) is 11.7. The monoisotopic (exact) mass is 501 g/mol. The predicted octanol–water partition coefficient (Wildman–Crippen LogP) is 6.67. The highest BCUT2D eigenvalue weighted by atomic mass is 32.1. The molecule has 4 aromatic rings. The van der Waals surface area contributed by atoms with Crippen LogP contribution in [0.5, 0.6) is 11.5 Å². The third-order valence-corrected chi connectivity index (χ3v) is 6.83. The van der Waals surface area contributed by atoms with Crippen LogP contribution in [0.4, 0.5) is 0 Å². The van der Waals surface area contributed by atoms with Gasteiger partial charge in [-0.3, -0.25) is 0 Å². The molecule has 0 fully saturated rings. The van der Waals surface area contributed by atoms with Crippen molar-refractivity contribution in [2.45, 2.75) is 39.9 Å². The number of rotatable bonds is 10. The largest absolute Gasteiger partial charge is 0.489 e. The Morgan fingerprint density at radius 1 is 0.917 bits per heavy atom. The molecule has 2 N–H and O–H groups in total. The van der Waals surface area contributed by atoms with E-state index >= 15 is 0 Å². The highest BCUT2D eigenvalue weighted by molar-refractivity contribution is 7.12. The molecular formula is C29H31N3O3S. The van der Waals surface area contributed by atoms with E-state index in [1.54, 1.807) is 11.3 Å². The minimum Gasteiger partial charge on any atom is -0.489 e. The summed E-state index contributed by atoms with van der Waals surface area (Å²) in [6.45, 7) is 7.40. The highest BCUT2D eigenvalue weighted by Gasteiger charge is 2.14. The quantitative estimate of drug-likeness (QED) is 0.149. The average molecular weight is 502 g/mol. The summed E-state index contributed by atoms with van der Waals surface area (Å²) in [7, 11) is 1.46. The third-order valence-electron chi connectivity index (χ3n) is 5.55. The Balaban J connectivity index is 1.33. The standard InChI is InChI=1S/C29H31N3O3S/c1-19(2)28-27(31-20(3)36-28)23-8-12-25(13-9-23)34-17-21-6-5-7-22(16-21)18-35-26-14-10-24(11-15-26)29(30)32-33-4/h5-16,19H,17-18H2,1-4H3,(H2,30,32). The molecule has 186 valence electrons. The second-order valence-electron chi connectivity index (χ2n) is 8.71. The normalized spacial score (nSPS) is 11.5. The van der Waals surface area contributed by atoms with Crippen LogP contribution in [0.2, 0.25) is 0 Å². The Hall–Kier alpha value is -3.84. The van der Waals surface area contributed by atoms with Crippen molar-refractivity contribution in [3.8, 4) is 22.8 Å². The van der Waals surface area contributed by atoms with Crippen molar-refractivity contribution < 1.29 is 14.3 Å². The van der Waals surface area contributed by atoms with Crippen molar-refractivity contribution in [1.29, 1.82) is 0 Å². The second-order valence-corrected chi connectivity index (χ2v) is 9.94. The molecule has 0 spiro atoms. The Bertz CT molecular complexity index is 1310. The predicted molar refractivity (Wildman–Crippen MR) is 146 cm³/mol. The van der Waals surface area contributed by atoms with Crippen LogP contribution >= 0.6 is 11.3 Å². The zero-order valence-corrected chi connectivity index (χ0v) is 21.8. The number of aryl methyl sites for hydroxylation is 1. The molecule has 3 aromatic carbocycles. The number of hydrogen-bond acceptors (Lipinski definition) is 6. The van der Waals surface area contributed by atoms with Crippen LogP contribution in [0.3, 0.4) is 0 Å². The molecule has 0 unspecified atom stereocenters. The van der Waals surface area contributed by atoms with Crippen LogP contribution in [-0.2, 0) is 18.1 Å². The van der Waals surface area contributed by atoms with E-state index in [2.05, 4.69) is 50.2 Å². The number of aromatic nitrogens is 1. The summed E-state index contributed by atoms with van der Waals surface area (Å²) < 4.78 is 12.0. The lowest BCUT2D eigenvalue weighted by Gasteiger charge is -2.11. The lowest BCUT2D eigenvalue weighted by atomic mass is 10.1. The molecule has 0 aliphatic heterocycles. The van der Waals surface area contributed by atoms with Crippen LogP contribution in [0, 0.1) is 6.92 Å². The number of nitrogens with zero attached hydrogens (tertiary/aromatic N) is 2. The fourth-order valence-corrected chi connectivity index (χ4v) is 4.72. The molecule has 6 nitrogen and oxygen atoms in total. The number of nitrogens with two attached hydrogens (primary N) is 1. The maximum atomic E-state index is 6.05. The average Bonchev–Trinajstić information content (AvgIpc) is 3.29. The van der Waals surface area contributed by atoms with E-state index in [0.29, 0.717) is 25.0 Å². The fourth-order valence-electron chi connectivity index (χ4n) is 3.77. The van der Waals surface area contributed by atoms with Crippen molar-refractivity contribution in [2.75, 3.05) is 7.11 Å². The number of benzene rings is 3. The molecule has 7 heteroatoms. The van der Waals surface area contributed by atoms with E-state index in [9.17, 15) is 0 Å². The molecule has 1 heterocycles. The smallest absolute Gasteiger partial charge is 0.170 e.